The number of pyridine rings is 1. The first kappa shape index (κ1) is 27.4. The molecule has 40 heavy (non-hydrogen) atoms. The molecule has 1 amide bonds. The van der Waals surface area contributed by atoms with Crippen molar-refractivity contribution in [2.24, 2.45) is 14.1 Å². The van der Waals surface area contributed by atoms with Crippen LogP contribution in [0.2, 0.25) is 5.02 Å². The van der Waals surface area contributed by atoms with Crippen molar-refractivity contribution < 1.29 is 9.53 Å². The van der Waals surface area contributed by atoms with E-state index < -0.39 is 17.2 Å². The summed E-state index contributed by atoms with van der Waals surface area (Å²) in [5.74, 6) is 0.452. The highest BCUT2D eigenvalue weighted by Crippen LogP contribution is 2.43. The fourth-order valence-electron chi connectivity index (χ4n) is 5.55. The molecule has 1 aliphatic carbocycles. The molecule has 5 rings (SSSR count). The SMILES string of the molecule is CCc1c(NC(=O)c2cn(C)c(=O)n(C)c2=O)cccc1-c1cccc(-c2cc3c(c(OC)n2)C(C)CC3)c1Cl. The maximum absolute atomic E-state index is 13.2. The number of nitrogens with one attached hydrogen (secondary N) is 1. The molecule has 1 N–H and O–H groups in total. The number of aryl methyl sites for hydroxylation is 2. The first-order chi connectivity index (χ1) is 19.2. The van der Waals surface area contributed by atoms with E-state index in [1.807, 2.05) is 37.3 Å². The number of rotatable bonds is 6. The lowest BCUT2D eigenvalue weighted by atomic mass is 9.94. The summed E-state index contributed by atoms with van der Waals surface area (Å²) in [5, 5.41) is 3.43. The Balaban J connectivity index is 1.57. The van der Waals surface area contributed by atoms with Crippen molar-refractivity contribution >= 4 is 23.2 Å². The van der Waals surface area contributed by atoms with Gasteiger partial charge in [-0.2, -0.15) is 0 Å². The zero-order valence-electron chi connectivity index (χ0n) is 23.2. The molecule has 8 nitrogen and oxygen atoms in total. The number of hydrogen-bond donors (Lipinski definition) is 1. The summed E-state index contributed by atoms with van der Waals surface area (Å²) in [4.78, 5) is 42.7. The number of nitrogens with zero attached hydrogens (tertiary/aromatic N) is 3. The molecular formula is C31H31ClN4O4. The molecule has 4 aromatic rings. The van der Waals surface area contributed by atoms with Crippen LogP contribution >= 0.6 is 11.6 Å². The van der Waals surface area contributed by atoms with Gasteiger partial charge in [-0.3, -0.25) is 14.2 Å². The number of benzene rings is 2. The van der Waals surface area contributed by atoms with E-state index in [2.05, 4.69) is 18.3 Å². The highest BCUT2D eigenvalue weighted by Gasteiger charge is 2.26. The summed E-state index contributed by atoms with van der Waals surface area (Å²) < 4.78 is 7.79. The second-order valence-electron chi connectivity index (χ2n) is 10.1. The number of aromatic nitrogens is 3. The van der Waals surface area contributed by atoms with Crippen molar-refractivity contribution in [1.29, 1.82) is 0 Å². The Morgan fingerprint density at radius 1 is 1.12 bits per heavy atom. The average molecular weight is 559 g/mol. The average Bonchev–Trinajstić information content (AvgIpc) is 3.33. The van der Waals surface area contributed by atoms with Crippen LogP contribution in [0.25, 0.3) is 22.4 Å². The fraction of sp³-hybridized carbons (Fsp3) is 0.290. The van der Waals surface area contributed by atoms with E-state index in [9.17, 15) is 14.4 Å². The van der Waals surface area contributed by atoms with Crippen LogP contribution in [0.15, 0.2) is 58.3 Å². The highest BCUT2D eigenvalue weighted by atomic mass is 35.5. The lowest BCUT2D eigenvalue weighted by molar-refractivity contribution is 0.102. The van der Waals surface area contributed by atoms with Crippen LogP contribution in [0.3, 0.4) is 0 Å². The van der Waals surface area contributed by atoms with Gasteiger partial charge in [0.05, 0.1) is 17.8 Å². The van der Waals surface area contributed by atoms with Gasteiger partial charge in [0.25, 0.3) is 11.5 Å². The zero-order chi connectivity index (χ0) is 28.7. The summed E-state index contributed by atoms with van der Waals surface area (Å²) in [5.41, 5.74) is 5.77. The topological polar surface area (TPSA) is 95.2 Å². The van der Waals surface area contributed by atoms with Crippen LogP contribution < -0.4 is 21.3 Å². The minimum Gasteiger partial charge on any atom is -0.481 e. The number of halogens is 1. The second-order valence-corrected chi connectivity index (χ2v) is 10.5. The Kier molecular flexibility index (Phi) is 7.38. The molecule has 1 aliphatic rings. The molecule has 2 aromatic carbocycles. The Morgan fingerprint density at radius 2 is 1.82 bits per heavy atom. The molecule has 0 aliphatic heterocycles. The molecule has 2 aromatic heterocycles. The monoisotopic (exact) mass is 558 g/mol. The molecule has 206 valence electrons. The van der Waals surface area contributed by atoms with Crippen LogP contribution in [0.4, 0.5) is 5.69 Å². The van der Waals surface area contributed by atoms with Gasteiger partial charge in [-0.25, -0.2) is 9.78 Å². The third kappa shape index (κ3) is 4.62. The van der Waals surface area contributed by atoms with Crippen molar-refractivity contribution in [3.05, 3.63) is 96.8 Å². The predicted octanol–water partition coefficient (Wildman–Crippen LogP) is 5.34. The maximum atomic E-state index is 13.2. The van der Waals surface area contributed by atoms with Gasteiger partial charge in [0.15, 0.2) is 0 Å². The van der Waals surface area contributed by atoms with Gasteiger partial charge in [-0.05, 0) is 54.0 Å². The molecule has 0 saturated heterocycles. The first-order valence-corrected chi connectivity index (χ1v) is 13.6. The van der Waals surface area contributed by atoms with Crippen LogP contribution in [0, 0.1) is 0 Å². The van der Waals surface area contributed by atoms with E-state index >= 15 is 0 Å². The van der Waals surface area contributed by atoms with Crippen molar-refractivity contribution in [3.63, 3.8) is 0 Å². The minimum absolute atomic E-state index is 0.122. The number of methoxy groups -OCH3 is 1. The second kappa shape index (κ2) is 10.8. The van der Waals surface area contributed by atoms with E-state index in [-0.39, 0.29) is 5.56 Å². The third-order valence-corrected chi connectivity index (χ3v) is 8.08. The van der Waals surface area contributed by atoms with E-state index in [1.165, 1.54) is 36.0 Å². The van der Waals surface area contributed by atoms with Crippen LogP contribution in [-0.2, 0) is 26.9 Å². The lowest BCUT2D eigenvalue weighted by Crippen LogP contribution is -2.40. The number of ether oxygens (including phenoxy) is 1. The third-order valence-electron chi connectivity index (χ3n) is 7.68. The summed E-state index contributed by atoms with van der Waals surface area (Å²) in [7, 11) is 4.49. The maximum Gasteiger partial charge on any atom is 0.330 e. The van der Waals surface area contributed by atoms with Crippen molar-refractivity contribution in [1.82, 2.24) is 14.1 Å². The summed E-state index contributed by atoms with van der Waals surface area (Å²) in [6, 6.07) is 13.5. The summed E-state index contributed by atoms with van der Waals surface area (Å²) >= 11 is 7.06. The molecule has 1 atom stereocenters. The normalized spacial score (nSPS) is 14.2. The van der Waals surface area contributed by atoms with E-state index in [1.54, 1.807) is 13.2 Å². The number of amides is 1. The zero-order valence-corrected chi connectivity index (χ0v) is 23.9. The Labute approximate surface area is 237 Å². The van der Waals surface area contributed by atoms with Crippen LogP contribution in [-0.4, -0.2) is 27.1 Å². The van der Waals surface area contributed by atoms with E-state index in [0.29, 0.717) is 28.9 Å². The number of fused-ring (bicyclic) bond motifs is 1. The van der Waals surface area contributed by atoms with Crippen molar-refractivity contribution in [3.8, 4) is 28.3 Å². The van der Waals surface area contributed by atoms with Gasteiger partial charge >= 0.3 is 5.69 Å². The molecule has 0 fully saturated rings. The van der Waals surface area contributed by atoms with Crippen LogP contribution in [0.1, 0.15) is 53.2 Å². The number of hydrogen-bond acceptors (Lipinski definition) is 5. The lowest BCUT2D eigenvalue weighted by Gasteiger charge is -2.18. The van der Waals surface area contributed by atoms with Gasteiger partial charge in [0, 0.05) is 42.7 Å². The number of anilines is 1. The Bertz CT molecular complexity index is 1770. The van der Waals surface area contributed by atoms with Gasteiger partial charge in [-0.15, -0.1) is 0 Å². The van der Waals surface area contributed by atoms with E-state index in [0.717, 1.165) is 45.4 Å². The predicted molar refractivity (Wildman–Crippen MR) is 158 cm³/mol. The van der Waals surface area contributed by atoms with Crippen molar-refractivity contribution in [2.75, 3.05) is 12.4 Å². The molecule has 2 heterocycles. The van der Waals surface area contributed by atoms with Gasteiger partial charge in [0.2, 0.25) is 5.88 Å². The van der Waals surface area contributed by atoms with Gasteiger partial charge in [-0.1, -0.05) is 55.8 Å². The summed E-state index contributed by atoms with van der Waals surface area (Å²) in [6.45, 7) is 4.18. The molecular weight excluding hydrogens is 528 g/mol. The highest BCUT2D eigenvalue weighted by molar-refractivity contribution is 6.36. The van der Waals surface area contributed by atoms with Gasteiger partial charge in [0.1, 0.15) is 5.56 Å². The van der Waals surface area contributed by atoms with Crippen LogP contribution in [0.5, 0.6) is 5.88 Å². The number of carbonyl (C=O) groups excluding carboxylic acids is 1. The summed E-state index contributed by atoms with van der Waals surface area (Å²) in [6.07, 6.45) is 3.89. The molecule has 0 radical (unpaired) electrons. The fourth-order valence-corrected chi connectivity index (χ4v) is 5.88. The number of carbonyl (C=O) groups is 1. The quantitative estimate of drug-likeness (QED) is 0.345. The first-order valence-electron chi connectivity index (χ1n) is 13.2. The largest absolute Gasteiger partial charge is 0.481 e. The van der Waals surface area contributed by atoms with E-state index in [4.69, 9.17) is 21.3 Å². The molecule has 0 bridgehead atoms. The Morgan fingerprint density at radius 3 is 2.55 bits per heavy atom. The van der Waals surface area contributed by atoms with Crippen molar-refractivity contribution in [2.45, 2.75) is 39.0 Å². The molecule has 9 heteroatoms. The smallest absolute Gasteiger partial charge is 0.330 e. The molecule has 1 unspecified atom stereocenters. The van der Waals surface area contributed by atoms with Gasteiger partial charge < -0.3 is 14.6 Å². The minimum atomic E-state index is -0.655. The molecule has 0 spiro atoms. The molecule has 0 saturated carbocycles. The standard InChI is InChI=1S/C31H31ClN4O4/c1-6-19-20(9-8-12-24(19)33-28(37)23-16-35(3)31(39)36(4)30(23)38)21-10-7-11-22(27(21)32)25-15-18-14-13-17(2)26(18)29(34-25)40-5/h7-12,15-17H,6,13-14H2,1-5H3,(H,33,37). The Hall–Kier alpha value is -4.17.